The average Bonchev–Trinajstić information content (AvgIpc) is 2.87. The molecule has 0 bridgehead atoms. The summed E-state index contributed by atoms with van der Waals surface area (Å²) in [5, 5.41) is 4.28. The number of hydrogen-bond donors (Lipinski definition) is 1. The monoisotopic (exact) mass is 244 g/mol. The van der Waals surface area contributed by atoms with Gasteiger partial charge in [-0.05, 0) is 32.4 Å². The highest BCUT2D eigenvalue weighted by Crippen LogP contribution is 2.17. The maximum absolute atomic E-state index is 5.67. The molecular formula is C11H21ClN4. The van der Waals surface area contributed by atoms with Crippen molar-refractivity contribution in [3.8, 4) is 0 Å². The fourth-order valence-electron chi connectivity index (χ4n) is 2.17. The highest BCUT2D eigenvalue weighted by atomic mass is 35.5. The van der Waals surface area contributed by atoms with E-state index in [0.717, 1.165) is 26.2 Å². The average molecular weight is 245 g/mol. The molecule has 1 unspecified atom stereocenters. The molecule has 0 radical (unpaired) electrons. The van der Waals surface area contributed by atoms with Gasteiger partial charge < -0.3 is 5.73 Å². The van der Waals surface area contributed by atoms with E-state index in [1.54, 1.807) is 0 Å². The van der Waals surface area contributed by atoms with Crippen molar-refractivity contribution < 1.29 is 0 Å². The van der Waals surface area contributed by atoms with Crippen LogP contribution >= 0.6 is 12.4 Å². The number of nitrogens with zero attached hydrogens (tertiary/aromatic N) is 3. The normalized spacial score (nSPS) is 21.0. The van der Waals surface area contributed by atoms with E-state index in [9.17, 15) is 0 Å². The molecule has 2 rings (SSSR count). The van der Waals surface area contributed by atoms with Crippen molar-refractivity contribution in [2.45, 2.75) is 26.4 Å². The third-order valence-corrected chi connectivity index (χ3v) is 3.12. The van der Waals surface area contributed by atoms with Gasteiger partial charge in [-0.3, -0.25) is 9.58 Å². The number of nitrogens with two attached hydrogens (primary N) is 1. The molecule has 0 spiro atoms. The Labute approximate surface area is 103 Å². The molecule has 0 aliphatic carbocycles. The van der Waals surface area contributed by atoms with E-state index in [1.807, 2.05) is 10.9 Å². The van der Waals surface area contributed by atoms with Crippen LogP contribution in [0.2, 0.25) is 0 Å². The molecule has 1 aromatic heterocycles. The molecule has 0 amide bonds. The van der Waals surface area contributed by atoms with Crippen LogP contribution in [0.15, 0.2) is 12.4 Å². The lowest BCUT2D eigenvalue weighted by atomic mass is 10.1. The molecule has 4 nitrogen and oxygen atoms in total. The molecular weight excluding hydrogens is 224 g/mol. The smallest absolute Gasteiger partial charge is 0.0534 e. The Morgan fingerprint density at radius 1 is 1.56 bits per heavy atom. The lowest BCUT2D eigenvalue weighted by molar-refractivity contribution is 0.318. The Balaban J connectivity index is 0.00000128. The number of likely N-dealkylation sites (tertiary alicyclic amines) is 1. The van der Waals surface area contributed by atoms with Gasteiger partial charge in [0, 0.05) is 31.4 Å². The van der Waals surface area contributed by atoms with E-state index in [0.29, 0.717) is 5.92 Å². The molecule has 1 aliphatic rings. The first kappa shape index (κ1) is 13.5. The summed E-state index contributed by atoms with van der Waals surface area (Å²) in [5.74, 6) is 0.700. The predicted molar refractivity (Wildman–Crippen MR) is 67.6 cm³/mol. The minimum absolute atomic E-state index is 0. The van der Waals surface area contributed by atoms with Crippen molar-refractivity contribution in [3.05, 3.63) is 18.0 Å². The molecule has 2 N–H and O–H groups in total. The molecule has 92 valence electrons. The van der Waals surface area contributed by atoms with Crippen LogP contribution in [-0.2, 0) is 13.1 Å². The van der Waals surface area contributed by atoms with E-state index in [1.165, 1.54) is 18.5 Å². The molecule has 16 heavy (non-hydrogen) atoms. The highest BCUT2D eigenvalue weighted by Gasteiger charge is 2.21. The van der Waals surface area contributed by atoms with Crippen LogP contribution in [0.4, 0.5) is 0 Å². The summed E-state index contributed by atoms with van der Waals surface area (Å²) in [4.78, 5) is 2.47. The van der Waals surface area contributed by atoms with E-state index in [-0.39, 0.29) is 12.4 Å². The zero-order chi connectivity index (χ0) is 10.7. The van der Waals surface area contributed by atoms with E-state index in [4.69, 9.17) is 5.73 Å². The standard InChI is InChI=1S/C11H20N4.ClH/c1-2-15-9-11(6-13-15)8-14-4-3-10(5-12)7-14;/h6,9-10H,2-5,7-8,12H2,1H3;1H. The maximum atomic E-state index is 5.67. The second-order valence-corrected chi connectivity index (χ2v) is 4.33. The molecule has 1 saturated heterocycles. The van der Waals surface area contributed by atoms with Crippen molar-refractivity contribution in [2.75, 3.05) is 19.6 Å². The van der Waals surface area contributed by atoms with E-state index in [2.05, 4.69) is 23.1 Å². The molecule has 1 aliphatic heterocycles. The number of hydrogen-bond acceptors (Lipinski definition) is 3. The number of halogens is 1. The summed E-state index contributed by atoms with van der Waals surface area (Å²) in [5.41, 5.74) is 6.99. The second-order valence-electron chi connectivity index (χ2n) is 4.33. The maximum Gasteiger partial charge on any atom is 0.0534 e. The van der Waals surface area contributed by atoms with Gasteiger partial charge in [0.2, 0.25) is 0 Å². The van der Waals surface area contributed by atoms with Crippen LogP contribution in [0.3, 0.4) is 0 Å². The van der Waals surface area contributed by atoms with Crippen LogP contribution in [0.1, 0.15) is 18.9 Å². The van der Waals surface area contributed by atoms with Crippen LogP contribution in [0.5, 0.6) is 0 Å². The van der Waals surface area contributed by atoms with Crippen molar-refractivity contribution >= 4 is 12.4 Å². The zero-order valence-electron chi connectivity index (χ0n) is 9.80. The SMILES string of the molecule is CCn1cc(CN2CCC(CN)C2)cn1.Cl. The largest absolute Gasteiger partial charge is 0.330 e. The van der Waals surface area contributed by atoms with Crippen LogP contribution < -0.4 is 5.73 Å². The molecule has 1 aromatic rings. The molecule has 0 saturated carbocycles. The van der Waals surface area contributed by atoms with Gasteiger partial charge in [-0.15, -0.1) is 12.4 Å². The predicted octanol–water partition coefficient (Wildman–Crippen LogP) is 1.11. The third kappa shape index (κ3) is 3.20. The Bertz CT molecular complexity index is 313. The summed E-state index contributed by atoms with van der Waals surface area (Å²) in [6.07, 6.45) is 5.35. The third-order valence-electron chi connectivity index (χ3n) is 3.12. The summed E-state index contributed by atoms with van der Waals surface area (Å²) >= 11 is 0. The van der Waals surface area contributed by atoms with Gasteiger partial charge in [0.15, 0.2) is 0 Å². The quantitative estimate of drug-likeness (QED) is 0.863. The van der Waals surface area contributed by atoms with Gasteiger partial charge in [0.25, 0.3) is 0 Å². The van der Waals surface area contributed by atoms with Crippen LogP contribution in [-0.4, -0.2) is 34.3 Å². The summed E-state index contributed by atoms with van der Waals surface area (Å²) in [6, 6.07) is 0. The first-order valence-corrected chi connectivity index (χ1v) is 5.75. The van der Waals surface area contributed by atoms with E-state index >= 15 is 0 Å². The minimum atomic E-state index is 0. The second kappa shape index (κ2) is 6.23. The van der Waals surface area contributed by atoms with Crippen molar-refractivity contribution in [1.82, 2.24) is 14.7 Å². The lowest BCUT2D eigenvalue weighted by Crippen LogP contribution is -2.22. The zero-order valence-corrected chi connectivity index (χ0v) is 10.6. The van der Waals surface area contributed by atoms with Crippen LogP contribution in [0, 0.1) is 5.92 Å². The summed E-state index contributed by atoms with van der Waals surface area (Å²) < 4.78 is 1.98. The molecule has 5 heteroatoms. The Hall–Kier alpha value is -0.580. The van der Waals surface area contributed by atoms with Gasteiger partial charge in [-0.1, -0.05) is 0 Å². The van der Waals surface area contributed by atoms with Crippen molar-refractivity contribution in [1.29, 1.82) is 0 Å². The Kier molecular flexibility index (Phi) is 5.25. The van der Waals surface area contributed by atoms with E-state index < -0.39 is 0 Å². The number of rotatable bonds is 4. The van der Waals surface area contributed by atoms with Gasteiger partial charge in [0.1, 0.15) is 0 Å². The van der Waals surface area contributed by atoms with Gasteiger partial charge in [-0.25, -0.2) is 0 Å². The van der Waals surface area contributed by atoms with Gasteiger partial charge in [-0.2, -0.15) is 5.10 Å². The first-order valence-electron chi connectivity index (χ1n) is 5.75. The van der Waals surface area contributed by atoms with Gasteiger partial charge >= 0.3 is 0 Å². The van der Waals surface area contributed by atoms with Gasteiger partial charge in [0.05, 0.1) is 6.20 Å². The fraction of sp³-hybridized carbons (Fsp3) is 0.727. The van der Waals surface area contributed by atoms with Crippen molar-refractivity contribution in [3.63, 3.8) is 0 Å². The Morgan fingerprint density at radius 3 is 2.94 bits per heavy atom. The molecule has 1 fully saturated rings. The molecule has 2 heterocycles. The summed E-state index contributed by atoms with van der Waals surface area (Å²) in [7, 11) is 0. The highest BCUT2D eigenvalue weighted by molar-refractivity contribution is 5.85. The minimum Gasteiger partial charge on any atom is -0.330 e. The Morgan fingerprint density at radius 2 is 2.38 bits per heavy atom. The number of aromatic nitrogens is 2. The fourth-order valence-corrected chi connectivity index (χ4v) is 2.17. The van der Waals surface area contributed by atoms with Crippen molar-refractivity contribution in [2.24, 2.45) is 11.7 Å². The topological polar surface area (TPSA) is 47.1 Å². The number of aryl methyl sites for hydroxylation is 1. The lowest BCUT2D eigenvalue weighted by Gasteiger charge is -2.13. The molecule has 1 atom stereocenters. The molecule has 0 aromatic carbocycles. The van der Waals surface area contributed by atoms with Crippen LogP contribution in [0.25, 0.3) is 0 Å². The summed E-state index contributed by atoms with van der Waals surface area (Å²) in [6.45, 7) is 7.23. The first-order chi connectivity index (χ1) is 7.31.